The van der Waals surface area contributed by atoms with Crippen molar-refractivity contribution in [2.24, 2.45) is 28.9 Å². The van der Waals surface area contributed by atoms with E-state index in [-0.39, 0.29) is 53.8 Å². The van der Waals surface area contributed by atoms with Gasteiger partial charge < -0.3 is 30.7 Å². The Morgan fingerprint density at radius 1 is 1.29 bits per heavy atom. The molecule has 0 radical (unpaired) electrons. The van der Waals surface area contributed by atoms with Gasteiger partial charge in [-0.15, -0.1) is 24.2 Å². The molecule has 4 saturated carbocycles. The third kappa shape index (κ3) is 6.09. The van der Waals surface area contributed by atoms with E-state index in [1.165, 1.54) is 11.8 Å². The monoisotopic (exact) mass is 530 g/mol. The zero-order valence-electron chi connectivity index (χ0n) is 21.0. The Hall–Kier alpha value is -1.49. The van der Waals surface area contributed by atoms with Crippen molar-refractivity contribution in [3.63, 3.8) is 0 Å². The van der Waals surface area contributed by atoms with Gasteiger partial charge in [-0.2, -0.15) is 0 Å². The topological polar surface area (TPSA) is 140 Å². The van der Waals surface area contributed by atoms with E-state index in [1.54, 1.807) is 13.8 Å². The summed E-state index contributed by atoms with van der Waals surface area (Å²) in [5, 5.41) is 21.0. The molecule has 1 aromatic rings. The van der Waals surface area contributed by atoms with Gasteiger partial charge in [0.1, 0.15) is 11.5 Å². The highest BCUT2D eigenvalue weighted by Gasteiger charge is 2.55. The first-order valence-corrected chi connectivity index (χ1v) is 13.2. The quantitative estimate of drug-likeness (QED) is 0.338. The van der Waals surface area contributed by atoms with Gasteiger partial charge in [0.15, 0.2) is 0 Å². The summed E-state index contributed by atoms with van der Waals surface area (Å²) in [7, 11) is 0. The van der Waals surface area contributed by atoms with Crippen LogP contribution in [0, 0.1) is 23.2 Å². The van der Waals surface area contributed by atoms with E-state index in [2.05, 4.69) is 15.8 Å². The molecule has 198 valence electrons. The number of carbonyl (C=O) groups is 2. The van der Waals surface area contributed by atoms with Gasteiger partial charge in [0.2, 0.25) is 11.7 Å². The molecule has 9 nitrogen and oxygen atoms in total. The van der Waals surface area contributed by atoms with Gasteiger partial charge in [-0.1, -0.05) is 13.8 Å². The van der Waals surface area contributed by atoms with Crippen LogP contribution in [0.5, 0.6) is 5.88 Å². The Labute approximate surface area is 217 Å². The summed E-state index contributed by atoms with van der Waals surface area (Å²) in [6.07, 6.45) is 4.53. The number of hydrogen-bond donors (Lipinski definition) is 4. The average Bonchev–Trinajstić information content (AvgIpc) is 3.13. The second-order valence-corrected chi connectivity index (χ2v) is 12.8. The Morgan fingerprint density at radius 2 is 1.94 bits per heavy atom. The van der Waals surface area contributed by atoms with Gasteiger partial charge >= 0.3 is 0 Å². The molecule has 1 aromatic heterocycles. The van der Waals surface area contributed by atoms with E-state index in [9.17, 15) is 14.7 Å². The molecule has 2 unspecified atom stereocenters. The van der Waals surface area contributed by atoms with Crippen molar-refractivity contribution in [3.05, 3.63) is 5.76 Å². The third-order valence-electron chi connectivity index (χ3n) is 7.33. The van der Waals surface area contributed by atoms with Gasteiger partial charge in [-0.25, -0.2) is 0 Å². The highest BCUT2D eigenvalue weighted by molar-refractivity contribution is 8.00. The van der Waals surface area contributed by atoms with Crippen molar-refractivity contribution >= 4 is 36.0 Å². The number of nitrogens with zero attached hydrogens (tertiary/aromatic N) is 1. The van der Waals surface area contributed by atoms with Crippen LogP contribution >= 0.6 is 24.2 Å². The predicted molar refractivity (Wildman–Crippen MR) is 136 cm³/mol. The molecule has 1 heterocycles. The molecule has 4 aliphatic rings. The highest BCUT2D eigenvalue weighted by atomic mass is 35.5. The third-order valence-corrected chi connectivity index (χ3v) is 8.40. The number of ether oxygens (including phenoxy) is 1. The summed E-state index contributed by atoms with van der Waals surface area (Å²) >= 11 is 1.45. The van der Waals surface area contributed by atoms with Crippen LogP contribution < -0.4 is 21.1 Å². The van der Waals surface area contributed by atoms with E-state index < -0.39 is 11.0 Å². The standard InChI is InChI=1S/C24H38N4O5S.ClH/c1-13(2)34-19-18(33-28-21(19)32-12-23(3,4)22(30)26-6-5-25)20(29)27-17-15-7-14-8-16(17)11-24(31,9-14)10-15;/h13-17,31H,5-12,25H2,1-4H3,(H,26,30)(H,27,29);1H. The molecular weight excluding hydrogens is 492 g/mol. The number of aliphatic hydroxyl groups is 1. The van der Waals surface area contributed by atoms with Crippen LogP contribution in [0.25, 0.3) is 0 Å². The lowest BCUT2D eigenvalue weighted by molar-refractivity contribution is -0.137. The molecule has 11 heteroatoms. The molecule has 35 heavy (non-hydrogen) atoms. The summed E-state index contributed by atoms with van der Waals surface area (Å²) in [5.41, 5.74) is 4.12. The SMILES string of the molecule is CC(C)Sc1c(OCC(C)(C)C(=O)NCCN)noc1C(=O)NC1C2CC3CC1CC(O)(C3)C2.Cl. The van der Waals surface area contributed by atoms with Crippen LogP contribution in [0.15, 0.2) is 9.42 Å². The van der Waals surface area contributed by atoms with E-state index in [4.69, 9.17) is 15.0 Å². The Morgan fingerprint density at radius 3 is 2.51 bits per heavy atom. The Kier molecular flexibility index (Phi) is 8.72. The lowest BCUT2D eigenvalue weighted by atomic mass is 9.52. The van der Waals surface area contributed by atoms with E-state index in [1.807, 2.05) is 13.8 Å². The molecule has 5 N–H and O–H groups in total. The number of nitrogens with two attached hydrogens (primary N) is 1. The molecule has 5 rings (SSSR count). The van der Waals surface area contributed by atoms with Gasteiger partial charge in [0.25, 0.3) is 11.8 Å². The largest absolute Gasteiger partial charge is 0.474 e. The van der Waals surface area contributed by atoms with Gasteiger partial charge in [0.05, 0.1) is 11.0 Å². The van der Waals surface area contributed by atoms with Crippen molar-refractivity contribution in [3.8, 4) is 5.88 Å². The molecule has 0 spiro atoms. The minimum atomic E-state index is -0.809. The van der Waals surface area contributed by atoms with Crippen LogP contribution in [-0.2, 0) is 4.79 Å². The second-order valence-electron chi connectivity index (χ2n) is 11.2. The predicted octanol–water partition coefficient (Wildman–Crippen LogP) is 2.75. The van der Waals surface area contributed by atoms with Crippen molar-refractivity contribution in [2.75, 3.05) is 19.7 Å². The summed E-state index contributed by atoms with van der Waals surface area (Å²) in [5.74, 6) is 1.07. The maximum atomic E-state index is 13.3. The van der Waals surface area contributed by atoms with Gasteiger partial charge in [-0.3, -0.25) is 9.59 Å². The Balaban J connectivity index is 0.00000342. The van der Waals surface area contributed by atoms with Crippen LogP contribution in [0.3, 0.4) is 0 Å². The van der Waals surface area contributed by atoms with Crippen LogP contribution in [0.2, 0.25) is 0 Å². The van der Waals surface area contributed by atoms with E-state index in [0.717, 1.165) is 32.1 Å². The number of aromatic nitrogens is 1. The number of halogens is 1. The summed E-state index contributed by atoms with van der Waals surface area (Å²) < 4.78 is 11.4. The zero-order chi connectivity index (χ0) is 24.7. The number of amides is 2. The second kappa shape index (κ2) is 10.9. The zero-order valence-corrected chi connectivity index (χ0v) is 22.6. The molecule has 0 saturated heterocycles. The fourth-order valence-corrected chi connectivity index (χ4v) is 6.92. The first-order chi connectivity index (χ1) is 16.0. The van der Waals surface area contributed by atoms with Crippen molar-refractivity contribution in [1.82, 2.24) is 15.8 Å². The van der Waals surface area contributed by atoms with Crippen LogP contribution in [-0.4, -0.2) is 58.7 Å². The molecule has 0 aromatic carbocycles. The van der Waals surface area contributed by atoms with Crippen molar-refractivity contribution in [2.45, 2.75) is 81.6 Å². The normalized spacial score (nSPS) is 29.1. The number of thioether (sulfide) groups is 1. The lowest BCUT2D eigenvalue weighted by Crippen LogP contribution is -2.61. The molecule has 4 fully saturated rings. The number of hydrogen-bond acceptors (Lipinski definition) is 8. The molecular formula is C24H39ClN4O5S. The summed E-state index contributed by atoms with van der Waals surface area (Å²) in [6.45, 7) is 8.44. The fourth-order valence-electron chi connectivity index (χ4n) is 6.02. The molecule has 2 amide bonds. The minimum Gasteiger partial charge on any atom is -0.474 e. The molecule has 0 aliphatic heterocycles. The van der Waals surface area contributed by atoms with E-state index >= 15 is 0 Å². The maximum absolute atomic E-state index is 13.3. The van der Waals surface area contributed by atoms with Crippen LogP contribution in [0.4, 0.5) is 0 Å². The summed E-state index contributed by atoms with van der Waals surface area (Å²) in [4.78, 5) is 26.3. The smallest absolute Gasteiger partial charge is 0.291 e. The number of nitrogens with one attached hydrogen (secondary N) is 2. The fraction of sp³-hybridized carbons (Fsp3) is 0.792. The Bertz CT molecular complexity index is 908. The number of carbonyl (C=O) groups excluding carboxylic acids is 2. The van der Waals surface area contributed by atoms with Crippen molar-refractivity contribution < 1.29 is 24.0 Å². The first-order valence-electron chi connectivity index (χ1n) is 12.3. The minimum absolute atomic E-state index is 0. The maximum Gasteiger partial charge on any atom is 0.291 e. The highest BCUT2D eigenvalue weighted by Crippen LogP contribution is 2.55. The van der Waals surface area contributed by atoms with Crippen molar-refractivity contribution in [1.29, 1.82) is 0 Å². The molecule has 2 atom stereocenters. The summed E-state index contributed by atoms with van der Waals surface area (Å²) in [6, 6.07) is 0.0425. The number of rotatable bonds is 10. The van der Waals surface area contributed by atoms with E-state index in [0.29, 0.717) is 35.7 Å². The molecule has 4 aliphatic carbocycles. The first kappa shape index (κ1) is 28.1. The average molecular weight is 531 g/mol. The lowest BCUT2D eigenvalue weighted by Gasteiger charge is -2.58. The van der Waals surface area contributed by atoms with Gasteiger partial charge in [0, 0.05) is 24.4 Å². The molecule has 4 bridgehead atoms. The van der Waals surface area contributed by atoms with Crippen LogP contribution in [0.1, 0.15) is 70.4 Å². The van der Waals surface area contributed by atoms with Gasteiger partial charge in [-0.05, 0) is 68.9 Å².